The van der Waals surface area contributed by atoms with E-state index in [1.54, 1.807) is 6.92 Å². The fourth-order valence-corrected chi connectivity index (χ4v) is 8.86. The van der Waals surface area contributed by atoms with Gasteiger partial charge in [-0.25, -0.2) is 0 Å². The minimum absolute atomic E-state index is 0.00102. The Kier molecular flexibility index (Phi) is 4.27. The predicted molar refractivity (Wildman–Crippen MR) is 110 cm³/mol. The quantitative estimate of drug-likeness (QED) is 0.730. The van der Waals surface area contributed by atoms with E-state index in [-0.39, 0.29) is 52.5 Å². The van der Waals surface area contributed by atoms with Crippen LogP contribution in [0.25, 0.3) is 0 Å². The Labute approximate surface area is 178 Å². The summed E-state index contributed by atoms with van der Waals surface area (Å²) in [4.78, 5) is 36.3. The molecule has 2 N–H and O–H groups in total. The van der Waals surface area contributed by atoms with Crippen molar-refractivity contribution in [3.05, 3.63) is 11.6 Å². The zero-order valence-corrected chi connectivity index (χ0v) is 18.3. The molecule has 5 nitrogen and oxygen atoms in total. The molecule has 4 fully saturated rings. The van der Waals surface area contributed by atoms with Crippen molar-refractivity contribution in [1.82, 2.24) is 0 Å². The van der Waals surface area contributed by atoms with Gasteiger partial charge in [0.05, 0.1) is 5.60 Å². The van der Waals surface area contributed by atoms with E-state index >= 15 is 0 Å². The van der Waals surface area contributed by atoms with Gasteiger partial charge < -0.3 is 10.2 Å². The summed E-state index contributed by atoms with van der Waals surface area (Å²) in [5.74, 6) is 0.890. The van der Waals surface area contributed by atoms with E-state index < -0.39 is 11.6 Å². The monoisotopic (exact) mass is 414 g/mol. The highest BCUT2D eigenvalue weighted by Crippen LogP contribution is 2.78. The first-order chi connectivity index (χ1) is 14.0. The lowest BCUT2D eigenvalue weighted by molar-refractivity contribution is -0.168. The van der Waals surface area contributed by atoms with Crippen molar-refractivity contribution < 1.29 is 24.6 Å². The van der Waals surface area contributed by atoms with Gasteiger partial charge in [0.1, 0.15) is 5.78 Å². The summed E-state index contributed by atoms with van der Waals surface area (Å²) >= 11 is 0. The van der Waals surface area contributed by atoms with Crippen LogP contribution in [0.5, 0.6) is 0 Å². The summed E-state index contributed by atoms with van der Waals surface area (Å²) in [6.45, 7) is 6.17. The maximum Gasteiger partial charge on any atom is 0.303 e. The van der Waals surface area contributed by atoms with Crippen LogP contribution in [-0.4, -0.2) is 33.3 Å². The Balaban J connectivity index is 1.56. The SMILES string of the molecule is CC(=O)[C@@H]1CC2=CC(=O)CC[C@]2(C)[C@H]2CC[C@@]3(C)[C@@H]([C@@H]4C[C@@H]4[C@@]3(O)CCC(=O)O)[C@H]12. The van der Waals surface area contributed by atoms with Gasteiger partial charge in [-0.2, -0.15) is 0 Å². The minimum atomic E-state index is -0.938. The first kappa shape index (κ1) is 20.4. The summed E-state index contributed by atoms with van der Waals surface area (Å²) in [6.07, 6.45) is 7.06. The maximum absolute atomic E-state index is 12.9. The molecule has 0 aromatic rings. The van der Waals surface area contributed by atoms with Crippen molar-refractivity contribution in [1.29, 1.82) is 0 Å². The number of Topliss-reactive ketones (excluding diaryl/α,β-unsaturated/α-hetero) is 1. The largest absolute Gasteiger partial charge is 0.481 e. The van der Waals surface area contributed by atoms with E-state index in [0.29, 0.717) is 31.1 Å². The van der Waals surface area contributed by atoms with Crippen LogP contribution in [0.3, 0.4) is 0 Å². The predicted octanol–water partition coefficient (Wildman–Crippen LogP) is 3.79. The number of carboxylic acid groups (broad SMARTS) is 1. The molecule has 0 aromatic heterocycles. The Morgan fingerprint density at radius 1 is 1.20 bits per heavy atom. The molecule has 0 saturated heterocycles. The molecule has 0 heterocycles. The molecule has 0 radical (unpaired) electrons. The van der Waals surface area contributed by atoms with Gasteiger partial charge in [0.2, 0.25) is 0 Å². The van der Waals surface area contributed by atoms with Gasteiger partial charge >= 0.3 is 5.97 Å². The molecule has 5 aliphatic rings. The summed E-state index contributed by atoms with van der Waals surface area (Å²) < 4.78 is 0. The van der Waals surface area contributed by atoms with Gasteiger partial charge in [-0.05, 0) is 86.5 Å². The van der Waals surface area contributed by atoms with Crippen molar-refractivity contribution in [3.63, 3.8) is 0 Å². The van der Waals surface area contributed by atoms with Crippen LogP contribution >= 0.6 is 0 Å². The van der Waals surface area contributed by atoms with Gasteiger partial charge in [-0.3, -0.25) is 14.4 Å². The topological polar surface area (TPSA) is 91.7 Å². The Hall–Kier alpha value is -1.49. The highest BCUT2D eigenvalue weighted by atomic mass is 16.4. The molecule has 0 unspecified atom stereocenters. The number of hydrogen-bond donors (Lipinski definition) is 2. The number of carbonyl (C=O) groups excluding carboxylic acids is 2. The number of rotatable bonds is 4. The molecule has 5 heteroatoms. The van der Waals surface area contributed by atoms with Crippen molar-refractivity contribution in [2.24, 2.45) is 46.3 Å². The Morgan fingerprint density at radius 3 is 2.60 bits per heavy atom. The van der Waals surface area contributed by atoms with Crippen molar-refractivity contribution >= 4 is 17.5 Å². The van der Waals surface area contributed by atoms with E-state index in [9.17, 15) is 24.6 Å². The second kappa shape index (κ2) is 6.27. The summed E-state index contributed by atoms with van der Waals surface area (Å²) in [6, 6.07) is 0. The molecule has 4 saturated carbocycles. The lowest BCUT2D eigenvalue weighted by atomic mass is 9.42. The fourth-order valence-electron chi connectivity index (χ4n) is 8.86. The summed E-state index contributed by atoms with van der Waals surface area (Å²) in [5.41, 5.74) is -0.118. The van der Waals surface area contributed by atoms with E-state index in [4.69, 9.17) is 0 Å². The first-order valence-electron chi connectivity index (χ1n) is 11.7. The van der Waals surface area contributed by atoms with Gasteiger partial charge in [-0.15, -0.1) is 0 Å². The minimum Gasteiger partial charge on any atom is -0.481 e. The van der Waals surface area contributed by atoms with Crippen LogP contribution in [0.15, 0.2) is 11.6 Å². The van der Waals surface area contributed by atoms with E-state index in [1.165, 1.54) is 5.57 Å². The first-order valence-corrected chi connectivity index (χ1v) is 11.7. The van der Waals surface area contributed by atoms with Crippen LogP contribution in [-0.2, 0) is 14.4 Å². The zero-order valence-electron chi connectivity index (χ0n) is 18.3. The lowest BCUT2D eigenvalue weighted by Crippen LogP contribution is -2.59. The summed E-state index contributed by atoms with van der Waals surface area (Å²) in [5, 5.41) is 21.1. The molecule has 0 aliphatic heterocycles. The molecule has 9 atom stereocenters. The third-order valence-electron chi connectivity index (χ3n) is 10.4. The van der Waals surface area contributed by atoms with Crippen molar-refractivity contribution in [2.45, 2.75) is 77.7 Å². The van der Waals surface area contributed by atoms with Crippen molar-refractivity contribution in [3.8, 4) is 0 Å². The molecule has 5 aliphatic carbocycles. The third kappa shape index (κ3) is 2.47. The molecule has 0 spiro atoms. The lowest BCUT2D eigenvalue weighted by Gasteiger charge is -2.62. The normalized spacial score (nSPS) is 51.2. The molecule has 5 rings (SSSR count). The highest BCUT2D eigenvalue weighted by molar-refractivity contribution is 5.92. The average molecular weight is 415 g/mol. The Bertz CT molecular complexity index is 860. The number of hydrogen-bond acceptors (Lipinski definition) is 4. The van der Waals surface area contributed by atoms with Crippen LogP contribution in [0.2, 0.25) is 0 Å². The standard InChI is InChI=1S/C25H34O5/c1-13(26)16-11-14-10-15(27)4-7-23(14,2)18-5-8-24(3)22(21(16)18)17-12-19(17)25(24,30)9-6-20(28)29/h10,16-19,21-22,30H,4-9,11-12H2,1-3H3,(H,28,29)/t16-,17+,18-,19-,21+,22-,23-,24-,25-/m0/s1. The van der Waals surface area contributed by atoms with Crippen LogP contribution in [0.1, 0.15) is 72.1 Å². The van der Waals surface area contributed by atoms with E-state index in [2.05, 4.69) is 13.8 Å². The van der Waals surface area contributed by atoms with Crippen LogP contribution in [0, 0.1) is 46.3 Å². The van der Waals surface area contributed by atoms with Gasteiger partial charge in [-0.1, -0.05) is 19.4 Å². The Morgan fingerprint density at radius 2 is 1.93 bits per heavy atom. The second-order valence-corrected chi connectivity index (χ2v) is 11.5. The zero-order chi connectivity index (χ0) is 21.6. The van der Waals surface area contributed by atoms with Crippen molar-refractivity contribution in [2.75, 3.05) is 0 Å². The molecule has 30 heavy (non-hydrogen) atoms. The van der Waals surface area contributed by atoms with Gasteiger partial charge in [0, 0.05) is 24.2 Å². The highest BCUT2D eigenvalue weighted by Gasteiger charge is 2.76. The van der Waals surface area contributed by atoms with Gasteiger partial charge in [0.25, 0.3) is 0 Å². The third-order valence-corrected chi connectivity index (χ3v) is 10.4. The number of aliphatic hydroxyl groups is 1. The molecular weight excluding hydrogens is 380 g/mol. The average Bonchev–Trinajstić information content (AvgIpc) is 3.43. The van der Waals surface area contributed by atoms with E-state index in [1.807, 2.05) is 6.08 Å². The number of ketones is 2. The molecule has 164 valence electrons. The smallest absolute Gasteiger partial charge is 0.303 e. The number of carbonyl (C=O) groups is 3. The number of carboxylic acids is 1. The second-order valence-electron chi connectivity index (χ2n) is 11.5. The number of aliphatic carboxylic acids is 1. The number of allylic oxidation sites excluding steroid dienone is 1. The number of fused-ring (bicyclic) bond motifs is 7. The molecule has 0 aromatic carbocycles. The van der Waals surface area contributed by atoms with Gasteiger partial charge in [0.15, 0.2) is 5.78 Å². The summed E-state index contributed by atoms with van der Waals surface area (Å²) in [7, 11) is 0. The molecule has 0 amide bonds. The molecular formula is C25H34O5. The van der Waals surface area contributed by atoms with Crippen LogP contribution < -0.4 is 0 Å². The van der Waals surface area contributed by atoms with E-state index in [0.717, 1.165) is 25.7 Å². The molecule has 0 bridgehead atoms. The maximum atomic E-state index is 12.9. The fraction of sp³-hybridized carbons (Fsp3) is 0.800. The van der Waals surface area contributed by atoms with Crippen LogP contribution in [0.4, 0.5) is 0 Å².